The highest BCUT2D eigenvalue weighted by atomic mass is 32.2. The summed E-state index contributed by atoms with van der Waals surface area (Å²) in [5, 5.41) is 0. The predicted octanol–water partition coefficient (Wildman–Crippen LogP) is 1.54. The van der Waals surface area contributed by atoms with Crippen LogP contribution in [-0.4, -0.2) is 44.6 Å². The Hall–Kier alpha value is -1.47. The van der Waals surface area contributed by atoms with E-state index in [4.69, 9.17) is 0 Å². The molecule has 1 aliphatic rings. The largest absolute Gasteiger partial charge is 0.341 e. The zero-order valence-corrected chi connectivity index (χ0v) is 14.3. The van der Waals surface area contributed by atoms with Gasteiger partial charge in [0, 0.05) is 13.1 Å². The van der Waals surface area contributed by atoms with E-state index in [1.54, 1.807) is 24.0 Å². The molecule has 1 heterocycles. The van der Waals surface area contributed by atoms with Gasteiger partial charge in [-0.05, 0) is 49.8 Å². The van der Waals surface area contributed by atoms with E-state index >= 15 is 0 Å². The Balaban J connectivity index is 1.83. The Morgan fingerprint density at radius 1 is 1.30 bits per heavy atom. The van der Waals surface area contributed by atoms with Gasteiger partial charge in [0.2, 0.25) is 15.9 Å². The summed E-state index contributed by atoms with van der Waals surface area (Å²) in [6, 6.07) is 5.79. The number of nitrogens with one attached hydrogen (secondary N) is 1. The van der Waals surface area contributed by atoms with Crippen molar-refractivity contribution in [2.24, 2.45) is 5.92 Å². The van der Waals surface area contributed by atoms with E-state index in [-0.39, 0.29) is 11.7 Å². The molecule has 1 aromatic rings. The number of piperidine rings is 1. The van der Waals surface area contributed by atoms with Gasteiger partial charge in [0.05, 0.1) is 12.3 Å². The number of amides is 1. The predicted molar refractivity (Wildman–Crippen MR) is 86.8 cm³/mol. The van der Waals surface area contributed by atoms with Crippen LogP contribution in [0.5, 0.6) is 0 Å². The molecule has 0 radical (unpaired) electrons. The highest BCUT2D eigenvalue weighted by Gasteiger charge is 2.27. The molecule has 1 aliphatic heterocycles. The van der Waals surface area contributed by atoms with Crippen LogP contribution in [0.15, 0.2) is 24.3 Å². The van der Waals surface area contributed by atoms with Crippen molar-refractivity contribution in [1.82, 2.24) is 9.62 Å². The van der Waals surface area contributed by atoms with Crippen LogP contribution in [0, 0.1) is 11.7 Å². The van der Waals surface area contributed by atoms with Crippen molar-refractivity contribution in [2.75, 3.05) is 19.3 Å². The Morgan fingerprint density at radius 3 is 2.39 bits per heavy atom. The Morgan fingerprint density at radius 2 is 1.87 bits per heavy atom. The van der Waals surface area contributed by atoms with Crippen LogP contribution in [0.25, 0.3) is 0 Å². The van der Waals surface area contributed by atoms with Crippen LogP contribution >= 0.6 is 0 Å². The standard InChI is InChI=1S/C16H23FN2O3S/c1-12(18-23(2,21)22)16(20)19-9-7-14(8-10-19)11-13-3-5-15(17)6-4-13/h3-6,12,14,18H,7-11H2,1-2H3/t12-/m1/s1. The molecule has 0 bridgehead atoms. The van der Waals surface area contributed by atoms with Gasteiger partial charge in [0.25, 0.3) is 0 Å². The third kappa shape index (κ3) is 5.58. The lowest BCUT2D eigenvalue weighted by Gasteiger charge is -2.33. The Kier molecular flexibility index (Phi) is 5.75. The van der Waals surface area contributed by atoms with E-state index in [9.17, 15) is 17.6 Å². The lowest BCUT2D eigenvalue weighted by atomic mass is 9.90. The van der Waals surface area contributed by atoms with Crippen molar-refractivity contribution in [1.29, 1.82) is 0 Å². The van der Waals surface area contributed by atoms with Gasteiger partial charge in [-0.1, -0.05) is 12.1 Å². The summed E-state index contributed by atoms with van der Waals surface area (Å²) in [7, 11) is -3.39. The van der Waals surface area contributed by atoms with Gasteiger partial charge in [0.1, 0.15) is 5.82 Å². The minimum absolute atomic E-state index is 0.185. The zero-order valence-electron chi connectivity index (χ0n) is 13.5. The fourth-order valence-electron chi connectivity index (χ4n) is 2.96. The van der Waals surface area contributed by atoms with E-state index in [1.807, 2.05) is 0 Å². The van der Waals surface area contributed by atoms with Crippen LogP contribution in [0.4, 0.5) is 4.39 Å². The molecule has 1 amide bonds. The van der Waals surface area contributed by atoms with Crippen molar-refractivity contribution < 1.29 is 17.6 Å². The Labute approximate surface area is 136 Å². The molecule has 5 nitrogen and oxygen atoms in total. The minimum atomic E-state index is -3.39. The summed E-state index contributed by atoms with van der Waals surface area (Å²) in [6.07, 6.45) is 3.66. The molecule has 0 unspecified atom stereocenters. The second kappa shape index (κ2) is 7.40. The highest BCUT2D eigenvalue weighted by molar-refractivity contribution is 7.88. The van der Waals surface area contributed by atoms with Gasteiger partial charge in [-0.25, -0.2) is 17.5 Å². The van der Waals surface area contributed by atoms with E-state index < -0.39 is 16.1 Å². The normalized spacial score (nSPS) is 18.0. The van der Waals surface area contributed by atoms with Crippen LogP contribution in [0.3, 0.4) is 0 Å². The fourth-order valence-corrected chi connectivity index (χ4v) is 3.70. The molecule has 1 N–H and O–H groups in total. The smallest absolute Gasteiger partial charge is 0.240 e. The molecule has 1 aromatic carbocycles. The molecule has 7 heteroatoms. The maximum Gasteiger partial charge on any atom is 0.240 e. The average Bonchev–Trinajstić information content (AvgIpc) is 2.48. The first-order valence-corrected chi connectivity index (χ1v) is 9.64. The van der Waals surface area contributed by atoms with Crippen molar-refractivity contribution in [3.63, 3.8) is 0 Å². The molecule has 1 atom stereocenters. The van der Waals surface area contributed by atoms with Crippen LogP contribution in [0.1, 0.15) is 25.3 Å². The molecular formula is C16H23FN2O3S. The molecule has 0 saturated carbocycles. The van der Waals surface area contributed by atoms with Gasteiger partial charge in [-0.15, -0.1) is 0 Å². The quantitative estimate of drug-likeness (QED) is 0.883. The van der Waals surface area contributed by atoms with Crippen molar-refractivity contribution in [3.05, 3.63) is 35.6 Å². The lowest BCUT2D eigenvalue weighted by molar-refractivity contribution is -0.133. The highest BCUT2D eigenvalue weighted by Crippen LogP contribution is 2.22. The third-order valence-corrected chi connectivity index (χ3v) is 4.91. The first-order chi connectivity index (χ1) is 10.7. The summed E-state index contributed by atoms with van der Waals surface area (Å²) in [4.78, 5) is 13.9. The Bertz CT molecular complexity index is 638. The van der Waals surface area contributed by atoms with Crippen LogP contribution in [0.2, 0.25) is 0 Å². The maximum absolute atomic E-state index is 12.9. The molecule has 0 aromatic heterocycles. The minimum Gasteiger partial charge on any atom is -0.341 e. The molecule has 23 heavy (non-hydrogen) atoms. The number of sulfonamides is 1. The van der Waals surface area contributed by atoms with E-state index in [0.717, 1.165) is 31.1 Å². The SMILES string of the molecule is C[C@@H](NS(C)(=O)=O)C(=O)N1CCC(Cc2ccc(F)cc2)CC1. The summed E-state index contributed by atoms with van der Waals surface area (Å²) in [5.74, 6) is 0.0415. The van der Waals surface area contributed by atoms with Gasteiger partial charge in [-0.2, -0.15) is 0 Å². The van der Waals surface area contributed by atoms with E-state index in [2.05, 4.69) is 4.72 Å². The number of rotatable bonds is 5. The monoisotopic (exact) mass is 342 g/mol. The summed E-state index contributed by atoms with van der Waals surface area (Å²) in [5.41, 5.74) is 1.10. The van der Waals surface area contributed by atoms with Gasteiger partial charge < -0.3 is 4.90 Å². The number of benzene rings is 1. The number of carbonyl (C=O) groups is 1. The molecule has 1 fully saturated rings. The number of nitrogens with zero attached hydrogens (tertiary/aromatic N) is 1. The maximum atomic E-state index is 12.9. The second-order valence-corrected chi connectivity index (χ2v) is 7.99. The lowest BCUT2D eigenvalue weighted by Crippen LogP contribution is -2.49. The zero-order chi connectivity index (χ0) is 17.0. The van der Waals surface area contributed by atoms with Gasteiger partial charge in [0.15, 0.2) is 0 Å². The molecule has 0 aliphatic carbocycles. The number of likely N-dealkylation sites (tertiary alicyclic amines) is 1. The van der Waals surface area contributed by atoms with E-state index in [0.29, 0.717) is 19.0 Å². The number of hydrogen-bond acceptors (Lipinski definition) is 3. The summed E-state index contributed by atoms with van der Waals surface area (Å²) >= 11 is 0. The van der Waals surface area contributed by atoms with Crippen molar-refractivity contribution in [2.45, 2.75) is 32.2 Å². The van der Waals surface area contributed by atoms with Crippen LogP contribution in [-0.2, 0) is 21.2 Å². The summed E-state index contributed by atoms with van der Waals surface area (Å²) in [6.45, 7) is 2.81. The molecule has 2 rings (SSSR count). The molecule has 1 saturated heterocycles. The van der Waals surface area contributed by atoms with Gasteiger partial charge >= 0.3 is 0 Å². The topological polar surface area (TPSA) is 66.5 Å². The first-order valence-electron chi connectivity index (χ1n) is 7.75. The number of carbonyl (C=O) groups excluding carboxylic acids is 1. The van der Waals surface area contributed by atoms with Gasteiger partial charge in [-0.3, -0.25) is 4.79 Å². The fraction of sp³-hybridized carbons (Fsp3) is 0.562. The van der Waals surface area contributed by atoms with E-state index in [1.165, 1.54) is 12.1 Å². The first kappa shape index (κ1) is 17.9. The number of halogens is 1. The van der Waals surface area contributed by atoms with Crippen molar-refractivity contribution in [3.8, 4) is 0 Å². The second-order valence-electron chi connectivity index (χ2n) is 6.21. The van der Waals surface area contributed by atoms with Crippen LogP contribution < -0.4 is 4.72 Å². The third-order valence-electron chi connectivity index (χ3n) is 4.13. The molecule has 0 spiro atoms. The average molecular weight is 342 g/mol. The number of hydrogen-bond donors (Lipinski definition) is 1. The summed E-state index contributed by atoms with van der Waals surface area (Å²) < 4.78 is 37.6. The molecule has 128 valence electrons. The van der Waals surface area contributed by atoms with Crippen molar-refractivity contribution >= 4 is 15.9 Å². The molecular weight excluding hydrogens is 319 g/mol.